The van der Waals surface area contributed by atoms with Gasteiger partial charge < -0.3 is 26.4 Å². The zero-order valence-electron chi connectivity index (χ0n) is 30.6. The molecule has 54 heavy (non-hydrogen) atoms. The predicted molar refractivity (Wildman–Crippen MR) is 194 cm³/mol. The van der Waals surface area contributed by atoms with Crippen LogP contribution < -0.4 is 16.4 Å². The van der Waals surface area contributed by atoms with Gasteiger partial charge in [0.15, 0.2) is 0 Å². The van der Waals surface area contributed by atoms with Gasteiger partial charge in [-0.25, -0.2) is 13.5 Å². The van der Waals surface area contributed by atoms with Crippen LogP contribution in [0.25, 0.3) is 5.69 Å². The largest absolute Gasteiger partial charge is 0.387 e. The molecule has 0 radical (unpaired) electrons. The molecule has 3 aromatic rings. The van der Waals surface area contributed by atoms with E-state index in [0.717, 1.165) is 28.7 Å². The number of halogens is 2. The second-order valence-corrected chi connectivity index (χ2v) is 14.8. The van der Waals surface area contributed by atoms with E-state index in [1.165, 1.54) is 21.7 Å². The molecule has 1 aromatic heterocycles. The number of nitrogens with two attached hydrogens (primary N) is 1. The molecule has 0 unspecified atom stereocenters. The molecule has 1 saturated carbocycles. The monoisotopic (exact) mass is 747 g/mol. The first-order valence-corrected chi connectivity index (χ1v) is 18.0. The van der Waals surface area contributed by atoms with E-state index in [9.17, 15) is 37.9 Å². The highest BCUT2D eigenvalue weighted by Crippen LogP contribution is 2.40. The second-order valence-electron chi connectivity index (χ2n) is 14.8. The summed E-state index contributed by atoms with van der Waals surface area (Å²) < 4.78 is 30.5. The number of hydrogen-bond donors (Lipinski definition) is 4. The lowest BCUT2D eigenvalue weighted by Crippen LogP contribution is -2.49. The van der Waals surface area contributed by atoms with Crippen LogP contribution in [0, 0.1) is 23.0 Å². The van der Waals surface area contributed by atoms with Crippen molar-refractivity contribution in [1.82, 2.24) is 30.2 Å². The molecule has 0 spiro atoms. The van der Waals surface area contributed by atoms with E-state index < -0.39 is 59.4 Å². The molecule has 0 saturated heterocycles. The summed E-state index contributed by atoms with van der Waals surface area (Å²) in [7, 11) is 0. The number of rotatable bonds is 15. The van der Waals surface area contributed by atoms with Crippen LogP contribution in [-0.4, -0.2) is 92.5 Å². The number of imide groups is 1. The van der Waals surface area contributed by atoms with Crippen molar-refractivity contribution in [2.24, 2.45) is 17.1 Å². The fraction of sp³-hybridized carbons (Fsp3) is 0.436. The highest BCUT2D eigenvalue weighted by Gasteiger charge is 2.39. The van der Waals surface area contributed by atoms with Crippen molar-refractivity contribution in [1.29, 1.82) is 0 Å². The van der Waals surface area contributed by atoms with E-state index in [-0.39, 0.29) is 49.6 Å². The number of nitrogens with one attached hydrogen (secondary N) is 2. The first kappa shape index (κ1) is 39.9. The Balaban J connectivity index is 1.28. The topological polar surface area (TPSA) is 180 Å². The molecule has 5 N–H and O–H groups in total. The van der Waals surface area contributed by atoms with Crippen molar-refractivity contribution in [2.75, 3.05) is 26.2 Å². The van der Waals surface area contributed by atoms with Crippen molar-refractivity contribution in [3.63, 3.8) is 0 Å². The molecule has 1 aliphatic heterocycles. The number of amides is 5. The maximum Gasteiger partial charge on any atom is 0.253 e. The first-order valence-electron chi connectivity index (χ1n) is 18.0. The summed E-state index contributed by atoms with van der Waals surface area (Å²) >= 11 is 0. The molecule has 13 nitrogen and oxygen atoms in total. The summed E-state index contributed by atoms with van der Waals surface area (Å²) in [5, 5.41) is 20.5. The van der Waals surface area contributed by atoms with Gasteiger partial charge in [-0.2, -0.15) is 5.10 Å². The van der Waals surface area contributed by atoms with E-state index in [2.05, 4.69) is 10.6 Å². The molecule has 0 bridgehead atoms. The Morgan fingerprint density at radius 3 is 2.43 bits per heavy atom. The number of carbonyl (C=O) groups excluding carboxylic acids is 5. The Hall–Kier alpha value is -5.28. The van der Waals surface area contributed by atoms with Crippen molar-refractivity contribution < 1.29 is 37.9 Å². The molecule has 1 aliphatic carbocycles. The van der Waals surface area contributed by atoms with E-state index >= 15 is 0 Å². The Morgan fingerprint density at radius 2 is 1.76 bits per heavy atom. The number of carbonyl (C=O) groups is 5. The van der Waals surface area contributed by atoms with Crippen LogP contribution in [0.4, 0.5) is 8.78 Å². The standard InChI is InChI=1S/C39H47F2N7O6/c1-39(2,3)36(35-26(19-24-7-5-4-6-8-24)22-48(45-35)31-21-27(40)10-12-29(31)41)47(34(52)23-49)17-15-30(42)38(54)44-28-11-9-25(20-28)37(53)43-16-18-46-32(50)13-14-33(46)51/h4-8,10,12-14,21-22,25,28,30,36,49H,9,11,15-20,23,42H2,1-3H3,(H,43,53)(H,44,54)/t25-,28+,30+,36+/m1/s1. The number of aromatic nitrogens is 2. The minimum absolute atomic E-state index is 0.0246. The highest BCUT2D eigenvalue weighted by molar-refractivity contribution is 6.12. The third-order valence-corrected chi connectivity index (χ3v) is 9.76. The number of hydrogen-bond acceptors (Lipinski definition) is 8. The van der Waals surface area contributed by atoms with Crippen LogP contribution in [0.2, 0.25) is 0 Å². The number of aliphatic hydroxyl groups excluding tert-OH is 1. The number of benzene rings is 2. The Morgan fingerprint density at radius 1 is 1.06 bits per heavy atom. The average molecular weight is 748 g/mol. The maximum absolute atomic E-state index is 15.0. The van der Waals surface area contributed by atoms with Crippen LogP contribution in [0.15, 0.2) is 66.9 Å². The number of nitrogens with zero attached hydrogens (tertiary/aromatic N) is 4. The van der Waals surface area contributed by atoms with Gasteiger partial charge in [-0.1, -0.05) is 51.1 Å². The molecule has 2 aromatic carbocycles. The van der Waals surface area contributed by atoms with Gasteiger partial charge in [-0.15, -0.1) is 0 Å². The maximum atomic E-state index is 15.0. The quantitative estimate of drug-likeness (QED) is 0.171. The van der Waals surface area contributed by atoms with Gasteiger partial charge in [0.05, 0.1) is 17.8 Å². The Kier molecular flexibility index (Phi) is 12.7. The fourth-order valence-electron chi connectivity index (χ4n) is 7.06. The number of aliphatic hydroxyl groups is 1. The van der Waals surface area contributed by atoms with Crippen LogP contribution >= 0.6 is 0 Å². The molecule has 4 atom stereocenters. The summed E-state index contributed by atoms with van der Waals surface area (Å²) in [6.07, 6.45) is 5.82. The van der Waals surface area contributed by atoms with E-state index in [1.54, 1.807) is 6.20 Å². The van der Waals surface area contributed by atoms with Gasteiger partial charge in [0.25, 0.3) is 11.8 Å². The fourth-order valence-corrected chi connectivity index (χ4v) is 7.06. The lowest BCUT2D eigenvalue weighted by atomic mass is 9.81. The zero-order chi connectivity index (χ0) is 39.2. The van der Waals surface area contributed by atoms with E-state index in [4.69, 9.17) is 10.8 Å². The van der Waals surface area contributed by atoms with Gasteiger partial charge in [0, 0.05) is 68.0 Å². The van der Waals surface area contributed by atoms with Crippen molar-refractivity contribution in [3.8, 4) is 5.69 Å². The minimum atomic E-state index is -1.04. The van der Waals surface area contributed by atoms with Crippen LogP contribution in [0.5, 0.6) is 0 Å². The molecular formula is C39H47F2N7O6. The van der Waals surface area contributed by atoms with Crippen LogP contribution in [0.1, 0.15) is 69.3 Å². The average Bonchev–Trinajstić information content (AvgIpc) is 3.86. The van der Waals surface area contributed by atoms with Gasteiger partial charge in [-0.3, -0.25) is 28.9 Å². The minimum Gasteiger partial charge on any atom is -0.387 e. The van der Waals surface area contributed by atoms with Gasteiger partial charge in [0.1, 0.15) is 23.9 Å². The van der Waals surface area contributed by atoms with Crippen molar-refractivity contribution >= 4 is 29.5 Å². The zero-order valence-corrected chi connectivity index (χ0v) is 30.6. The lowest BCUT2D eigenvalue weighted by molar-refractivity contribution is -0.140. The van der Waals surface area contributed by atoms with Crippen molar-refractivity contribution in [3.05, 3.63) is 95.3 Å². The Bertz CT molecular complexity index is 1880. The van der Waals surface area contributed by atoms with E-state index in [0.29, 0.717) is 36.9 Å². The normalized spacial score (nSPS) is 18.2. The summed E-state index contributed by atoms with van der Waals surface area (Å²) in [6.45, 7) is 5.00. The van der Waals surface area contributed by atoms with Crippen molar-refractivity contribution in [2.45, 2.75) is 71.0 Å². The van der Waals surface area contributed by atoms with Gasteiger partial charge in [0.2, 0.25) is 17.7 Å². The molecule has 1 fully saturated rings. The first-order chi connectivity index (χ1) is 25.7. The SMILES string of the molecule is CC(C)(C)[C@H](c1nn(-c2cc(F)ccc2F)cc1Cc1ccccc1)N(CC[C@H](N)C(=O)N[C@H]1CC[C@@H](C(=O)NCCN2C(=O)C=CC2=O)C1)C(=O)CO. The van der Waals surface area contributed by atoms with Gasteiger partial charge in [-0.05, 0) is 48.8 Å². The molecule has 5 rings (SSSR count). The molecule has 288 valence electrons. The summed E-state index contributed by atoms with van der Waals surface area (Å²) in [5.74, 6) is -3.87. The third-order valence-electron chi connectivity index (χ3n) is 9.76. The van der Waals surface area contributed by atoms with Crippen LogP contribution in [0.3, 0.4) is 0 Å². The summed E-state index contributed by atoms with van der Waals surface area (Å²) in [6, 6.07) is 10.4. The molecule has 2 aliphatic rings. The third kappa shape index (κ3) is 9.63. The summed E-state index contributed by atoms with van der Waals surface area (Å²) in [4.78, 5) is 65.5. The Labute approximate surface area is 312 Å². The smallest absolute Gasteiger partial charge is 0.253 e. The molecule has 5 amide bonds. The molecule has 2 heterocycles. The predicted octanol–water partition coefficient (Wildman–Crippen LogP) is 2.69. The highest BCUT2D eigenvalue weighted by atomic mass is 19.1. The summed E-state index contributed by atoms with van der Waals surface area (Å²) in [5.41, 5.74) is 7.55. The second kappa shape index (κ2) is 17.2. The lowest BCUT2D eigenvalue weighted by Gasteiger charge is -2.40. The van der Waals surface area contributed by atoms with Crippen LogP contribution in [-0.2, 0) is 30.4 Å². The molecule has 15 heteroatoms. The van der Waals surface area contributed by atoms with E-state index in [1.807, 2.05) is 51.1 Å². The molecular weight excluding hydrogens is 700 g/mol. The van der Waals surface area contributed by atoms with Gasteiger partial charge >= 0.3 is 0 Å².